The molecular weight excluding hydrogens is 370 g/mol. The molecule has 2 aromatic carbocycles. The molecule has 0 unspecified atom stereocenters. The number of hydrogen-bond donors (Lipinski definition) is 0. The number of nitro groups is 1. The van der Waals surface area contributed by atoms with Gasteiger partial charge in [0.25, 0.3) is 11.6 Å². The van der Waals surface area contributed by atoms with Gasteiger partial charge in [0, 0.05) is 55.0 Å². The fourth-order valence-electron chi connectivity index (χ4n) is 3.07. The predicted molar refractivity (Wildman–Crippen MR) is 102 cm³/mol. The molecule has 1 aliphatic rings. The van der Waals surface area contributed by atoms with Gasteiger partial charge in [-0.15, -0.1) is 0 Å². The second kappa shape index (κ2) is 7.75. The maximum absolute atomic E-state index is 12.8. The van der Waals surface area contributed by atoms with E-state index in [1.807, 2.05) is 0 Å². The van der Waals surface area contributed by atoms with E-state index in [0.717, 1.165) is 6.42 Å². The zero-order chi connectivity index (χ0) is 19.6. The van der Waals surface area contributed by atoms with Gasteiger partial charge in [-0.1, -0.05) is 17.7 Å². The number of halogens is 1. The molecule has 0 saturated carbocycles. The Hall–Kier alpha value is -2.93. The summed E-state index contributed by atoms with van der Waals surface area (Å²) in [5.74, 6) is -0.206. The summed E-state index contributed by atoms with van der Waals surface area (Å²) >= 11 is 6.12. The number of benzene rings is 2. The fourth-order valence-corrected chi connectivity index (χ4v) is 3.25. The molecule has 7 nitrogen and oxygen atoms in total. The summed E-state index contributed by atoms with van der Waals surface area (Å²) in [4.78, 5) is 38.2. The third kappa shape index (κ3) is 4.09. The van der Waals surface area contributed by atoms with Gasteiger partial charge in [-0.25, -0.2) is 0 Å². The van der Waals surface area contributed by atoms with E-state index in [9.17, 15) is 19.7 Å². The maximum atomic E-state index is 12.8. The van der Waals surface area contributed by atoms with Crippen molar-refractivity contribution in [3.05, 3.63) is 68.7 Å². The average Bonchev–Trinajstić information content (AvgIpc) is 3.08. The predicted octanol–water partition coefficient (Wildman–Crippen LogP) is 3.65. The van der Waals surface area contributed by atoms with Gasteiger partial charge in [0.2, 0.25) is 5.91 Å². The molecule has 0 bridgehead atoms. The van der Waals surface area contributed by atoms with Crippen molar-refractivity contribution in [2.45, 2.75) is 19.4 Å². The first-order valence-corrected chi connectivity index (χ1v) is 8.83. The summed E-state index contributed by atoms with van der Waals surface area (Å²) in [6.45, 7) is 0.780. The number of rotatable bonds is 5. The minimum Gasteiger partial charge on any atom is -0.337 e. The molecule has 0 N–H and O–H groups in total. The van der Waals surface area contributed by atoms with Gasteiger partial charge in [-0.2, -0.15) is 0 Å². The summed E-state index contributed by atoms with van der Waals surface area (Å²) in [5, 5.41) is 11.3. The van der Waals surface area contributed by atoms with Gasteiger partial charge in [0.1, 0.15) is 0 Å². The number of carbonyl (C=O) groups is 2. The summed E-state index contributed by atoms with van der Waals surface area (Å²) in [6.07, 6.45) is 1.32. The molecule has 3 rings (SSSR count). The Morgan fingerprint density at radius 1 is 1.30 bits per heavy atom. The van der Waals surface area contributed by atoms with Crippen LogP contribution in [0.1, 0.15) is 28.8 Å². The summed E-state index contributed by atoms with van der Waals surface area (Å²) in [7, 11) is 1.60. The van der Waals surface area contributed by atoms with Gasteiger partial charge >= 0.3 is 0 Å². The highest BCUT2D eigenvalue weighted by Gasteiger charge is 2.23. The summed E-state index contributed by atoms with van der Waals surface area (Å²) < 4.78 is 0. The second-order valence-corrected chi connectivity index (χ2v) is 6.80. The van der Waals surface area contributed by atoms with Gasteiger partial charge in [-0.05, 0) is 36.2 Å². The molecule has 0 aliphatic carbocycles. The van der Waals surface area contributed by atoms with Crippen molar-refractivity contribution < 1.29 is 14.5 Å². The first-order chi connectivity index (χ1) is 12.9. The zero-order valence-electron chi connectivity index (χ0n) is 14.7. The van der Waals surface area contributed by atoms with Crippen LogP contribution in [-0.4, -0.2) is 35.2 Å². The van der Waals surface area contributed by atoms with Crippen molar-refractivity contribution in [3.8, 4) is 0 Å². The van der Waals surface area contributed by atoms with E-state index >= 15 is 0 Å². The van der Waals surface area contributed by atoms with Crippen LogP contribution >= 0.6 is 11.6 Å². The average molecular weight is 388 g/mol. The van der Waals surface area contributed by atoms with E-state index in [1.165, 1.54) is 23.1 Å². The monoisotopic (exact) mass is 387 g/mol. The van der Waals surface area contributed by atoms with Crippen LogP contribution in [0.5, 0.6) is 0 Å². The van der Waals surface area contributed by atoms with Crippen LogP contribution in [-0.2, 0) is 11.3 Å². The van der Waals surface area contributed by atoms with Gasteiger partial charge in [-0.3, -0.25) is 19.7 Å². The van der Waals surface area contributed by atoms with Gasteiger partial charge in [0.05, 0.1) is 4.92 Å². The zero-order valence-corrected chi connectivity index (χ0v) is 15.5. The number of nitrogens with zero attached hydrogens (tertiary/aromatic N) is 3. The normalized spacial score (nSPS) is 13.7. The van der Waals surface area contributed by atoms with E-state index in [1.54, 1.807) is 36.2 Å². The minimum absolute atomic E-state index is 0.0522. The number of amides is 2. The largest absolute Gasteiger partial charge is 0.337 e. The molecule has 1 heterocycles. The smallest absolute Gasteiger partial charge is 0.269 e. The number of nitro benzene ring substituents is 1. The van der Waals surface area contributed by atoms with Crippen LogP contribution in [0.3, 0.4) is 0 Å². The lowest BCUT2D eigenvalue weighted by molar-refractivity contribution is -0.384. The number of anilines is 1. The van der Waals surface area contributed by atoms with E-state index in [0.29, 0.717) is 34.8 Å². The first-order valence-electron chi connectivity index (χ1n) is 8.45. The quantitative estimate of drug-likeness (QED) is 0.579. The molecule has 1 saturated heterocycles. The molecule has 0 spiro atoms. The Bertz CT molecular complexity index is 916. The Kier molecular flexibility index (Phi) is 5.41. The van der Waals surface area contributed by atoms with E-state index in [2.05, 4.69) is 0 Å². The Morgan fingerprint density at radius 3 is 2.74 bits per heavy atom. The Labute approximate surface area is 161 Å². The molecule has 0 radical (unpaired) electrons. The van der Waals surface area contributed by atoms with Crippen LogP contribution in [0, 0.1) is 10.1 Å². The lowest BCUT2D eigenvalue weighted by atomic mass is 10.1. The fraction of sp³-hybridized carbons (Fsp3) is 0.263. The van der Waals surface area contributed by atoms with Crippen LogP contribution in [0.25, 0.3) is 0 Å². The molecular formula is C19H18ClN3O4. The topological polar surface area (TPSA) is 83.8 Å². The molecule has 2 amide bonds. The van der Waals surface area contributed by atoms with Crippen LogP contribution in [0.15, 0.2) is 42.5 Å². The third-order valence-corrected chi connectivity index (χ3v) is 4.84. The van der Waals surface area contributed by atoms with Crippen molar-refractivity contribution in [1.82, 2.24) is 4.90 Å². The lowest BCUT2D eigenvalue weighted by Gasteiger charge is -2.20. The molecule has 2 aromatic rings. The highest BCUT2D eigenvalue weighted by Crippen LogP contribution is 2.25. The Morgan fingerprint density at radius 2 is 2.07 bits per heavy atom. The summed E-state index contributed by atoms with van der Waals surface area (Å²) in [5.41, 5.74) is 1.55. The number of carbonyl (C=O) groups excluding carboxylic acids is 2. The maximum Gasteiger partial charge on any atom is 0.269 e. The molecule has 8 heteroatoms. The third-order valence-electron chi connectivity index (χ3n) is 4.47. The van der Waals surface area contributed by atoms with Crippen molar-refractivity contribution in [2.75, 3.05) is 18.5 Å². The highest BCUT2D eigenvalue weighted by atomic mass is 35.5. The first kappa shape index (κ1) is 18.8. The number of hydrogen-bond acceptors (Lipinski definition) is 4. The standard InChI is InChI=1S/C19H18ClN3O4/c1-21(12-14-11-16(23(26)27)7-8-17(14)20)19(25)13-4-2-5-15(10-13)22-9-3-6-18(22)24/h2,4-5,7-8,10-11H,3,6,9,12H2,1H3. The highest BCUT2D eigenvalue weighted by molar-refractivity contribution is 6.31. The van der Waals surface area contributed by atoms with E-state index < -0.39 is 4.92 Å². The van der Waals surface area contributed by atoms with E-state index in [-0.39, 0.29) is 24.0 Å². The number of non-ortho nitro benzene ring substituents is 1. The van der Waals surface area contributed by atoms with Crippen molar-refractivity contribution in [2.24, 2.45) is 0 Å². The Balaban J connectivity index is 1.79. The molecule has 27 heavy (non-hydrogen) atoms. The minimum atomic E-state index is -0.502. The summed E-state index contributed by atoms with van der Waals surface area (Å²) in [6, 6.07) is 11.1. The van der Waals surface area contributed by atoms with Gasteiger partial charge < -0.3 is 9.80 Å². The molecule has 0 aromatic heterocycles. The van der Waals surface area contributed by atoms with E-state index in [4.69, 9.17) is 11.6 Å². The molecule has 140 valence electrons. The lowest BCUT2D eigenvalue weighted by Crippen LogP contribution is -2.27. The molecule has 0 atom stereocenters. The van der Waals surface area contributed by atoms with Crippen LogP contribution in [0.2, 0.25) is 5.02 Å². The van der Waals surface area contributed by atoms with Crippen molar-refractivity contribution >= 4 is 34.8 Å². The SMILES string of the molecule is CN(Cc1cc([N+](=O)[O-])ccc1Cl)C(=O)c1cccc(N2CCCC2=O)c1. The van der Waals surface area contributed by atoms with Crippen LogP contribution < -0.4 is 4.90 Å². The van der Waals surface area contributed by atoms with Gasteiger partial charge in [0.15, 0.2) is 0 Å². The van der Waals surface area contributed by atoms with Crippen LogP contribution in [0.4, 0.5) is 11.4 Å². The second-order valence-electron chi connectivity index (χ2n) is 6.39. The molecule has 1 fully saturated rings. The van der Waals surface area contributed by atoms with Crippen molar-refractivity contribution in [3.63, 3.8) is 0 Å². The molecule has 1 aliphatic heterocycles. The van der Waals surface area contributed by atoms with Crippen molar-refractivity contribution in [1.29, 1.82) is 0 Å².